The molecule has 7 nitrogen and oxygen atoms in total. The fourth-order valence-corrected chi connectivity index (χ4v) is 6.64. The SMILES string of the molecule is CN1C(=C(C#N)C(=O)CSc2nc3sc4c(c3c(=O)n2C)CCC4)N(C)c2ccccc21. The first-order chi connectivity index (χ1) is 15.4. The Kier molecular flexibility index (Phi) is 5.07. The Morgan fingerprint density at radius 1 is 1.19 bits per heavy atom. The molecular weight excluding hydrogens is 442 g/mol. The third-order valence-corrected chi connectivity index (χ3v) is 8.31. The molecule has 9 heteroatoms. The van der Waals surface area contributed by atoms with E-state index in [1.54, 1.807) is 18.4 Å². The number of allylic oxidation sites excluding steroid dienone is 1. The Balaban J connectivity index is 1.44. The third kappa shape index (κ3) is 3.05. The van der Waals surface area contributed by atoms with Gasteiger partial charge in [0.15, 0.2) is 10.9 Å². The van der Waals surface area contributed by atoms with Crippen molar-refractivity contribution in [3.8, 4) is 6.07 Å². The maximum Gasteiger partial charge on any atom is 0.262 e. The van der Waals surface area contributed by atoms with Gasteiger partial charge >= 0.3 is 0 Å². The second kappa shape index (κ2) is 7.80. The highest BCUT2D eigenvalue weighted by Gasteiger charge is 2.31. The van der Waals surface area contributed by atoms with Gasteiger partial charge in [0, 0.05) is 26.0 Å². The summed E-state index contributed by atoms with van der Waals surface area (Å²) in [5.74, 6) is 0.301. The first-order valence-electron chi connectivity index (χ1n) is 10.3. The van der Waals surface area contributed by atoms with Crippen LogP contribution in [0.4, 0.5) is 11.4 Å². The lowest BCUT2D eigenvalue weighted by molar-refractivity contribution is -0.112. The van der Waals surface area contributed by atoms with Crippen LogP contribution in [0.1, 0.15) is 16.9 Å². The molecule has 0 radical (unpaired) electrons. The fourth-order valence-electron chi connectivity index (χ4n) is 4.49. The van der Waals surface area contributed by atoms with Gasteiger partial charge < -0.3 is 9.80 Å². The molecule has 0 amide bonds. The normalized spacial score (nSPS) is 14.6. The van der Waals surface area contributed by atoms with Crippen molar-refractivity contribution in [3.05, 3.63) is 56.5 Å². The number of Topliss-reactive ketones (excluding diaryl/α,β-unsaturated/α-hetero) is 1. The smallest absolute Gasteiger partial charge is 0.262 e. The molecule has 3 heterocycles. The van der Waals surface area contributed by atoms with Crippen molar-refractivity contribution in [2.75, 3.05) is 29.6 Å². The second-order valence-electron chi connectivity index (χ2n) is 7.93. The monoisotopic (exact) mass is 463 g/mol. The van der Waals surface area contributed by atoms with Gasteiger partial charge in [-0.3, -0.25) is 14.2 Å². The summed E-state index contributed by atoms with van der Waals surface area (Å²) in [6.07, 6.45) is 3.02. The predicted molar refractivity (Wildman–Crippen MR) is 129 cm³/mol. The summed E-state index contributed by atoms with van der Waals surface area (Å²) >= 11 is 2.79. The zero-order valence-corrected chi connectivity index (χ0v) is 19.6. The lowest BCUT2D eigenvalue weighted by atomic mass is 10.2. The molecule has 0 bridgehead atoms. The van der Waals surface area contributed by atoms with Gasteiger partial charge in [0.1, 0.15) is 22.3 Å². The summed E-state index contributed by atoms with van der Waals surface area (Å²) in [4.78, 5) is 36.5. The average Bonchev–Trinajstić information content (AvgIpc) is 3.44. The molecule has 162 valence electrons. The average molecular weight is 464 g/mol. The molecule has 1 aliphatic heterocycles. The highest BCUT2D eigenvalue weighted by molar-refractivity contribution is 7.99. The summed E-state index contributed by atoms with van der Waals surface area (Å²) in [5.41, 5.74) is 3.07. The number of hydrogen-bond donors (Lipinski definition) is 0. The fraction of sp³-hybridized carbons (Fsp3) is 0.304. The van der Waals surface area contributed by atoms with Gasteiger partial charge in [0.25, 0.3) is 5.56 Å². The van der Waals surface area contributed by atoms with Crippen LogP contribution in [0.25, 0.3) is 10.2 Å². The van der Waals surface area contributed by atoms with Crippen molar-refractivity contribution in [3.63, 3.8) is 0 Å². The number of nitrogens with zero attached hydrogens (tertiary/aromatic N) is 5. The molecule has 0 unspecified atom stereocenters. The molecule has 2 aromatic heterocycles. The van der Waals surface area contributed by atoms with Crippen molar-refractivity contribution < 1.29 is 4.79 Å². The van der Waals surface area contributed by atoms with Crippen LogP contribution in [0, 0.1) is 11.3 Å². The van der Waals surface area contributed by atoms with Gasteiger partial charge in [-0.1, -0.05) is 23.9 Å². The van der Waals surface area contributed by atoms with E-state index in [1.807, 2.05) is 48.2 Å². The van der Waals surface area contributed by atoms with E-state index in [1.165, 1.54) is 21.2 Å². The minimum Gasteiger partial charge on any atom is -0.328 e. The molecule has 1 aliphatic carbocycles. The van der Waals surface area contributed by atoms with Crippen molar-refractivity contribution in [2.24, 2.45) is 7.05 Å². The molecular formula is C23H21N5O2S2. The van der Waals surface area contributed by atoms with E-state index in [-0.39, 0.29) is 22.7 Å². The van der Waals surface area contributed by atoms with Crippen molar-refractivity contribution in [2.45, 2.75) is 24.4 Å². The predicted octanol–water partition coefficient (Wildman–Crippen LogP) is 3.47. The number of carbonyl (C=O) groups excluding carboxylic acids is 1. The molecule has 0 saturated heterocycles. The lowest BCUT2D eigenvalue weighted by Gasteiger charge is -2.19. The number of nitriles is 1. The number of thioether (sulfide) groups is 1. The molecule has 0 spiro atoms. The van der Waals surface area contributed by atoms with Crippen LogP contribution in [0.3, 0.4) is 0 Å². The first-order valence-corrected chi connectivity index (χ1v) is 12.1. The largest absolute Gasteiger partial charge is 0.328 e. The van der Waals surface area contributed by atoms with Crippen LogP contribution in [-0.4, -0.2) is 35.2 Å². The van der Waals surface area contributed by atoms with Gasteiger partial charge in [-0.05, 0) is 37.0 Å². The summed E-state index contributed by atoms with van der Waals surface area (Å²) in [5, 5.41) is 11.0. The van der Waals surface area contributed by atoms with Crippen molar-refractivity contribution in [1.29, 1.82) is 5.26 Å². The van der Waals surface area contributed by atoms with E-state index in [9.17, 15) is 14.9 Å². The molecule has 0 fully saturated rings. The Hall–Kier alpha value is -3.09. The number of fused-ring (bicyclic) bond motifs is 4. The second-order valence-corrected chi connectivity index (χ2v) is 9.95. The molecule has 0 atom stereocenters. The Labute approximate surface area is 193 Å². The molecule has 0 saturated carbocycles. The number of anilines is 2. The Morgan fingerprint density at radius 3 is 2.53 bits per heavy atom. The lowest BCUT2D eigenvalue weighted by Crippen LogP contribution is -2.27. The molecule has 2 aliphatic rings. The standard InChI is InChI=1S/C23H21N5O2S2/c1-26-15-8-4-5-9-16(15)27(2)21(26)14(11-24)17(29)12-31-23-25-20-19(22(30)28(23)3)13-7-6-10-18(13)32-20/h4-5,8-9H,6-7,10,12H2,1-3H3. The number of aromatic nitrogens is 2. The van der Waals surface area contributed by atoms with Crippen LogP contribution in [0.2, 0.25) is 0 Å². The topological polar surface area (TPSA) is 82.2 Å². The quantitative estimate of drug-likeness (QED) is 0.254. The number of ketones is 1. The number of aryl methyl sites for hydroxylation is 2. The Bertz CT molecular complexity index is 1380. The van der Waals surface area contributed by atoms with Crippen LogP contribution in [0.15, 0.2) is 45.6 Å². The maximum absolute atomic E-state index is 13.1. The molecule has 0 N–H and O–H groups in total. The van der Waals surface area contributed by atoms with E-state index in [0.29, 0.717) is 11.0 Å². The minimum atomic E-state index is -0.290. The summed E-state index contributed by atoms with van der Waals surface area (Å²) in [7, 11) is 5.40. The summed E-state index contributed by atoms with van der Waals surface area (Å²) in [6, 6.07) is 9.88. The third-order valence-electron chi connectivity index (χ3n) is 6.09. The molecule has 3 aromatic rings. The number of rotatable bonds is 4. The highest BCUT2D eigenvalue weighted by Crippen LogP contribution is 2.40. The van der Waals surface area contributed by atoms with Crippen LogP contribution in [-0.2, 0) is 24.7 Å². The maximum atomic E-state index is 13.1. The van der Waals surface area contributed by atoms with Crippen LogP contribution in [0.5, 0.6) is 0 Å². The van der Waals surface area contributed by atoms with E-state index < -0.39 is 0 Å². The Morgan fingerprint density at radius 2 is 1.88 bits per heavy atom. The van der Waals surface area contributed by atoms with Gasteiger partial charge in [-0.2, -0.15) is 5.26 Å². The van der Waals surface area contributed by atoms with E-state index in [2.05, 4.69) is 11.1 Å². The molecule has 5 rings (SSSR count). The number of benzene rings is 1. The minimum absolute atomic E-state index is 0.0291. The highest BCUT2D eigenvalue weighted by atomic mass is 32.2. The number of carbonyl (C=O) groups is 1. The van der Waals surface area contributed by atoms with E-state index in [0.717, 1.165) is 46.4 Å². The number of para-hydroxylation sites is 2. The van der Waals surface area contributed by atoms with Gasteiger partial charge in [0.05, 0.1) is 22.5 Å². The van der Waals surface area contributed by atoms with Crippen LogP contribution >= 0.6 is 23.1 Å². The first kappa shape index (κ1) is 20.8. The zero-order valence-electron chi connectivity index (χ0n) is 18.0. The molecule has 1 aromatic carbocycles. The number of thiophene rings is 1. The van der Waals surface area contributed by atoms with Crippen molar-refractivity contribution >= 4 is 50.5 Å². The van der Waals surface area contributed by atoms with Gasteiger partial charge in [0.2, 0.25) is 0 Å². The molecule has 32 heavy (non-hydrogen) atoms. The van der Waals surface area contributed by atoms with Crippen molar-refractivity contribution in [1.82, 2.24) is 9.55 Å². The summed E-state index contributed by atoms with van der Waals surface area (Å²) < 4.78 is 1.52. The van der Waals surface area contributed by atoms with Crippen LogP contribution < -0.4 is 15.4 Å². The zero-order chi connectivity index (χ0) is 22.6. The summed E-state index contributed by atoms with van der Waals surface area (Å²) in [6.45, 7) is 0. The van der Waals surface area contributed by atoms with E-state index >= 15 is 0 Å². The number of hydrogen-bond acceptors (Lipinski definition) is 8. The van der Waals surface area contributed by atoms with Gasteiger partial charge in [-0.15, -0.1) is 11.3 Å². The van der Waals surface area contributed by atoms with Gasteiger partial charge in [-0.25, -0.2) is 4.98 Å². The van der Waals surface area contributed by atoms with E-state index in [4.69, 9.17) is 0 Å².